The Morgan fingerprint density at radius 1 is 1.33 bits per heavy atom. The molecule has 9 heavy (non-hydrogen) atoms. The highest BCUT2D eigenvalue weighted by Crippen LogP contribution is 2.20. The summed E-state index contributed by atoms with van der Waals surface area (Å²) in [7, 11) is 0. The van der Waals surface area contributed by atoms with Crippen LogP contribution in [0.25, 0.3) is 0 Å². The fourth-order valence-corrected chi connectivity index (χ4v) is 1.59. The van der Waals surface area contributed by atoms with Crippen LogP contribution in [0, 0.1) is 5.41 Å². The monoisotopic (exact) mass is 264 g/mol. The van der Waals surface area contributed by atoms with Crippen LogP contribution < -0.4 is 0 Å². The lowest BCUT2D eigenvalue weighted by atomic mass is 9.96. The molecule has 0 bridgehead atoms. The third kappa shape index (κ3) is 2.57. The second-order valence-corrected chi connectivity index (χ2v) is 3.11. The Morgan fingerprint density at radius 2 is 1.78 bits per heavy atom. The predicted molar refractivity (Wildman–Crippen MR) is 46.2 cm³/mol. The highest BCUT2D eigenvalue weighted by atomic mass is 127. The first kappa shape index (κ1) is 9.94. The number of hydrogen-bond acceptors (Lipinski definition) is 2. The summed E-state index contributed by atoms with van der Waals surface area (Å²) in [6.45, 7) is -0.0914. The van der Waals surface area contributed by atoms with E-state index >= 15 is 0 Å². The van der Waals surface area contributed by atoms with Crippen molar-refractivity contribution in [3.8, 4) is 0 Å². The minimum Gasteiger partial charge on any atom is -0.396 e. The molecule has 0 radical (unpaired) electrons. The van der Waals surface area contributed by atoms with Gasteiger partial charge in [-0.3, -0.25) is 0 Å². The molecular formula is C5H10ClIO2. The highest BCUT2D eigenvalue weighted by Gasteiger charge is 2.25. The number of halogens is 2. The Balaban J connectivity index is 3.82. The maximum Gasteiger partial charge on any atom is 0.0528 e. The third-order valence-electron chi connectivity index (χ3n) is 1.24. The summed E-state index contributed by atoms with van der Waals surface area (Å²) < 4.78 is 0.682. The van der Waals surface area contributed by atoms with Crippen molar-refractivity contribution in [3.05, 3.63) is 0 Å². The Labute approximate surface area is 73.4 Å². The molecule has 0 aromatic rings. The molecule has 56 valence electrons. The molecule has 0 saturated carbocycles. The van der Waals surface area contributed by atoms with Crippen LogP contribution in [-0.2, 0) is 0 Å². The first-order valence-electron chi connectivity index (χ1n) is 2.58. The van der Waals surface area contributed by atoms with Crippen LogP contribution in [0.1, 0.15) is 0 Å². The molecule has 0 spiro atoms. The quantitative estimate of drug-likeness (QED) is 0.578. The molecule has 0 heterocycles. The van der Waals surface area contributed by atoms with Gasteiger partial charge in [-0.15, -0.1) is 11.6 Å². The zero-order valence-corrected chi connectivity index (χ0v) is 7.89. The van der Waals surface area contributed by atoms with Crippen molar-refractivity contribution in [3.63, 3.8) is 0 Å². The zero-order valence-electron chi connectivity index (χ0n) is 4.98. The van der Waals surface area contributed by atoms with Gasteiger partial charge in [0.05, 0.1) is 13.2 Å². The van der Waals surface area contributed by atoms with Crippen molar-refractivity contribution in [2.45, 2.75) is 0 Å². The first-order chi connectivity index (χ1) is 4.24. The molecule has 0 aliphatic carbocycles. The molecule has 0 unspecified atom stereocenters. The SMILES string of the molecule is OCC(CO)(CCl)CI. The Morgan fingerprint density at radius 3 is 1.78 bits per heavy atom. The molecule has 0 saturated heterocycles. The Hall–Kier alpha value is 0.940. The van der Waals surface area contributed by atoms with E-state index < -0.39 is 5.41 Å². The average Bonchev–Trinajstić information content (AvgIpc) is 1.95. The molecule has 0 aromatic carbocycles. The van der Waals surface area contributed by atoms with Crippen LogP contribution in [0.5, 0.6) is 0 Å². The average molecular weight is 264 g/mol. The van der Waals surface area contributed by atoms with Gasteiger partial charge in [0.15, 0.2) is 0 Å². The maximum absolute atomic E-state index is 8.73. The van der Waals surface area contributed by atoms with Gasteiger partial charge in [-0.25, -0.2) is 0 Å². The van der Waals surface area contributed by atoms with E-state index in [1.165, 1.54) is 0 Å². The molecule has 2 nitrogen and oxygen atoms in total. The van der Waals surface area contributed by atoms with Crippen molar-refractivity contribution < 1.29 is 10.2 Å². The van der Waals surface area contributed by atoms with Gasteiger partial charge in [0, 0.05) is 15.7 Å². The summed E-state index contributed by atoms with van der Waals surface area (Å²) in [5, 5.41) is 17.5. The van der Waals surface area contributed by atoms with Crippen molar-refractivity contribution in [1.82, 2.24) is 0 Å². The van der Waals surface area contributed by atoms with Crippen molar-refractivity contribution >= 4 is 34.2 Å². The summed E-state index contributed by atoms with van der Waals surface area (Å²) in [5.41, 5.74) is -0.470. The lowest BCUT2D eigenvalue weighted by Crippen LogP contribution is -2.33. The maximum atomic E-state index is 8.73. The molecule has 0 aliphatic rings. The fraction of sp³-hybridized carbons (Fsp3) is 1.00. The van der Waals surface area contributed by atoms with Crippen LogP contribution >= 0.6 is 34.2 Å². The van der Waals surface area contributed by atoms with Crippen LogP contribution in [0.15, 0.2) is 0 Å². The fourth-order valence-electron chi connectivity index (χ4n) is 0.255. The summed E-state index contributed by atoms with van der Waals surface area (Å²) in [6.07, 6.45) is 0. The van der Waals surface area contributed by atoms with Gasteiger partial charge in [-0.2, -0.15) is 0 Å². The largest absolute Gasteiger partial charge is 0.396 e. The smallest absolute Gasteiger partial charge is 0.0528 e. The van der Waals surface area contributed by atoms with Crippen LogP contribution in [0.3, 0.4) is 0 Å². The van der Waals surface area contributed by atoms with E-state index in [2.05, 4.69) is 22.6 Å². The van der Waals surface area contributed by atoms with Gasteiger partial charge < -0.3 is 10.2 Å². The molecule has 0 aliphatic heterocycles. The van der Waals surface area contributed by atoms with E-state index in [1.807, 2.05) is 0 Å². The number of aliphatic hydroxyl groups excluding tert-OH is 2. The lowest BCUT2D eigenvalue weighted by molar-refractivity contribution is 0.0945. The van der Waals surface area contributed by atoms with Crippen LogP contribution in [-0.4, -0.2) is 33.7 Å². The third-order valence-corrected chi connectivity index (χ3v) is 3.42. The van der Waals surface area contributed by atoms with Gasteiger partial charge in [-0.05, 0) is 0 Å². The normalized spacial score (nSPS) is 12.0. The second kappa shape index (κ2) is 4.71. The standard InChI is InChI=1S/C5H10ClIO2/c6-1-5(2-7,3-8)4-9/h8-9H,1-4H2. The zero-order chi connectivity index (χ0) is 7.33. The predicted octanol–water partition coefficient (Wildman–Crippen LogP) is 0.631. The van der Waals surface area contributed by atoms with Gasteiger partial charge in [0.1, 0.15) is 0 Å². The van der Waals surface area contributed by atoms with E-state index in [0.29, 0.717) is 10.3 Å². The summed E-state index contributed by atoms with van der Waals surface area (Å²) in [5.74, 6) is 0.308. The summed E-state index contributed by atoms with van der Waals surface area (Å²) >= 11 is 7.60. The molecule has 0 atom stereocenters. The second-order valence-electron chi connectivity index (χ2n) is 2.08. The minimum absolute atomic E-state index is 0.0457. The van der Waals surface area contributed by atoms with E-state index in [9.17, 15) is 0 Å². The number of rotatable bonds is 4. The molecule has 2 N–H and O–H groups in total. The van der Waals surface area contributed by atoms with E-state index in [1.54, 1.807) is 0 Å². The van der Waals surface area contributed by atoms with Crippen LogP contribution in [0.4, 0.5) is 0 Å². The van der Waals surface area contributed by atoms with Crippen molar-refractivity contribution in [2.75, 3.05) is 23.5 Å². The van der Waals surface area contributed by atoms with Crippen molar-refractivity contribution in [1.29, 1.82) is 0 Å². The molecule has 0 rings (SSSR count). The molecule has 0 aromatic heterocycles. The van der Waals surface area contributed by atoms with E-state index in [0.717, 1.165) is 0 Å². The lowest BCUT2D eigenvalue weighted by Gasteiger charge is -2.23. The van der Waals surface area contributed by atoms with E-state index in [-0.39, 0.29) is 13.2 Å². The number of aliphatic hydroxyl groups is 2. The van der Waals surface area contributed by atoms with Gasteiger partial charge in [-0.1, -0.05) is 22.6 Å². The molecule has 0 amide bonds. The summed E-state index contributed by atoms with van der Waals surface area (Å²) in [6, 6.07) is 0. The number of hydrogen-bond donors (Lipinski definition) is 2. The first-order valence-corrected chi connectivity index (χ1v) is 4.64. The highest BCUT2D eigenvalue weighted by molar-refractivity contribution is 14.1. The molecular weight excluding hydrogens is 254 g/mol. The van der Waals surface area contributed by atoms with Crippen molar-refractivity contribution in [2.24, 2.45) is 5.41 Å². The topological polar surface area (TPSA) is 40.5 Å². The molecule has 0 fully saturated rings. The Kier molecular flexibility index (Phi) is 5.20. The number of alkyl halides is 2. The van der Waals surface area contributed by atoms with Crippen LogP contribution in [0.2, 0.25) is 0 Å². The molecule has 4 heteroatoms. The summed E-state index contributed by atoms with van der Waals surface area (Å²) in [4.78, 5) is 0. The van der Waals surface area contributed by atoms with Gasteiger partial charge >= 0.3 is 0 Å². The minimum atomic E-state index is -0.470. The Bertz CT molecular complexity index is 57.8. The van der Waals surface area contributed by atoms with Gasteiger partial charge in [0.2, 0.25) is 0 Å². The van der Waals surface area contributed by atoms with Gasteiger partial charge in [0.25, 0.3) is 0 Å². The van der Waals surface area contributed by atoms with E-state index in [4.69, 9.17) is 21.8 Å².